The molecule has 0 aromatic rings. The van der Waals surface area contributed by atoms with Crippen LogP contribution in [0.2, 0.25) is 0 Å². The highest BCUT2D eigenvalue weighted by atomic mass is 16.1. The SMILES string of the molecule is CCCCC1(C(N)=O)NCC2CCCC21. The van der Waals surface area contributed by atoms with Crippen LogP contribution in [0.25, 0.3) is 0 Å². The Bertz CT molecular complexity index is 254. The molecule has 1 saturated carbocycles. The van der Waals surface area contributed by atoms with Crippen molar-refractivity contribution >= 4 is 5.91 Å². The zero-order valence-corrected chi connectivity index (χ0v) is 9.59. The molecular formula is C12H22N2O. The van der Waals surface area contributed by atoms with Crippen molar-refractivity contribution in [3.63, 3.8) is 0 Å². The van der Waals surface area contributed by atoms with Crippen molar-refractivity contribution in [2.75, 3.05) is 6.54 Å². The maximum absolute atomic E-state index is 11.7. The van der Waals surface area contributed by atoms with Crippen LogP contribution in [0.4, 0.5) is 0 Å². The Labute approximate surface area is 91.8 Å². The molecule has 3 N–H and O–H groups in total. The van der Waals surface area contributed by atoms with Crippen LogP contribution in [0.5, 0.6) is 0 Å². The van der Waals surface area contributed by atoms with Gasteiger partial charge in [-0.15, -0.1) is 0 Å². The highest BCUT2D eigenvalue weighted by molar-refractivity contribution is 5.85. The molecule has 3 heteroatoms. The maximum Gasteiger partial charge on any atom is 0.238 e. The molecule has 3 atom stereocenters. The van der Waals surface area contributed by atoms with Gasteiger partial charge in [0, 0.05) is 0 Å². The van der Waals surface area contributed by atoms with E-state index in [4.69, 9.17) is 5.73 Å². The van der Waals surface area contributed by atoms with Crippen LogP contribution < -0.4 is 11.1 Å². The Morgan fingerprint density at radius 2 is 2.33 bits per heavy atom. The molecule has 0 spiro atoms. The van der Waals surface area contributed by atoms with Gasteiger partial charge in [0.1, 0.15) is 5.54 Å². The number of nitrogens with two attached hydrogens (primary N) is 1. The fourth-order valence-electron chi connectivity index (χ4n) is 3.50. The third-order valence-electron chi connectivity index (χ3n) is 4.34. The molecule has 1 saturated heterocycles. The van der Waals surface area contributed by atoms with Crippen molar-refractivity contribution in [3.8, 4) is 0 Å². The van der Waals surface area contributed by atoms with E-state index >= 15 is 0 Å². The number of unbranched alkanes of at least 4 members (excludes halogenated alkanes) is 1. The fraction of sp³-hybridized carbons (Fsp3) is 0.917. The molecule has 0 radical (unpaired) electrons. The average molecular weight is 210 g/mol. The molecule has 1 heterocycles. The summed E-state index contributed by atoms with van der Waals surface area (Å²) in [4.78, 5) is 11.7. The maximum atomic E-state index is 11.7. The average Bonchev–Trinajstić information content (AvgIpc) is 2.76. The van der Waals surface area contributed by atoms with E-state index in [2.05, 4.69) is 12.2 Å². The van der Waals surface area contributed by atoms with E-state index in [1.54, 1.807) is 0 Å². The molecule has 2 fully saturated rings. The van der Waals surface area contributed by atoms with Gasteiger partial charge in [0.05, 0.1) is 0 Å². The summed E-state index contributed by atoms with van der Waals surface area (Å²) < 4.78 is 0. The van der Waals surface area contributed by atoms with E-state index in [0.717, 1.165) is 25.8 Å². The zero-order chi connectivity index (χ0) is 10.9. The standard InChI is InChI=1S/C12H22N2O/c1-2-3-7-12(11(13)15)10-6-4-5-9(10)8-14-12/h9-10,14H,2-8H2,1H3,(H2,13,15). The van der Waals surface area contributed by atoms with Crippen LogP contribution in [-0.2, 0) is 4.79 Å². The predicted octanol–water partition coefficient (Wildman–Crippen LogP) is 1.42. The van der Waals surface area contributed by atoms with Crippen LogP contribution in [0.1, 0.15) is 45.4 Å². The lowest BCUT2D eigenvalue weighted by molar-refractivity contribution is -0.126. The lowest BCUT2D eigenvalue weighted by atomic mass is 9.78. The van der Waals surface area contributed by atoms with Gasteiger partial charge in [-0.25, -0.2) is 0 Å². The van der Waals surface area contributed by atoms with Crippen molar-refractivity contribution in [1.29, 1.82) is 0 Å². The normalized spacial score (nSPS) is 39.3. The van der Waals surface area contributed by atoms with E-state index in [-0.39, 0.29) is 11.4 Å². The Morgan fingerprint density at radius 3 is 3.00 bits per heavy atom. The molecular weight excluding hydrogens is 188 g/mol. The second-order valence-electron chi connectivity index (χ2n) is 5.12. The van der Waals surface area contributed by atoms with Crippen LogP contribution >= 0.6 is 0 Å². The topological polar surface area (TPSA) is 55.1 Å². The quantitative estimate of drug-likeness (QED) is 0.737. The van der Waals surface area contributed by atoms with E-state index in [1.165, 1.54) is 19.3 Å². The smallest absolute Gasteiger partial charge is 0.238 e. The van der Waals surface area contributed by atoms with Gasteiger partial charge in [0.15, 0.2) is 0 Å². The fourth-order valence-corrected chi connectivity index (χ4v) is 3.50. The summed E-state index contributed by atoms with van der Waals surface area (Å²) in [6.45, 7) is 3.16. The third-order valence-corrected chi connectivity index (χ3v) is 4.34. The van der Waals surface area contributed by atoms with Crippen molar-refractivity contribution in [3.05, 3.63) is 0 Å². The molecule has 3 unspecified atom stereocenters. The van der Waals surface area contributed by atoms with Gasteiger partial charge in [0.2, 0.25) is 5.91 Å². The van der Waals surface area contributed by atoms with Crippen LogP contribution in [0, 0.1) is 11.8 Å². The summed E-state index contributed by atoms with van der Waals surface area (Å²) in [5, 5.41) is 3.43. The Morgan fingerprint density at radius 1 is 1.53 bits per heavy atom. The highest BCUT2D eigenvalue weighted by Gasteiger charge is 2.53. The molecule has 86 valence electrons. The van der Waals surface area contributed by atoms with Crippen LogP contribution in [0.3, 0.4) is 0 Å². The molecule has 0 bridgehead atoms. The first-order chi connectivity index (χ1) is 7.20. The van der Waals surface area contributed by atoms with Gasteiger partial charge in [0.25, 0.3) is 0 Å². The highest BCUT2D eigenvalue weighted by Crippen LogP contribution is 2.45. The van der Waals surface area contributed by atoms with E-state index in [0.29, 0.717) is 11.8 Å². The number of fused-ring (bicyclic) bond motifs is 1. The molecule has 15 heavy (non-hydrogen) atoms. The molecule has 1 aliphatic carbocycles. The van der Waals surface area contributed by atoms with Crippen molar-refractivity contribution in [1.82, 2.24) is 5.32 Å². The number of carbonyl (C=O) groups is 1. The zero-order valence-electron chi connectivity index (χ0n) is 9.59. The second-order valence-corrected chi connectivity index (χ2v) is 5.12. The minimum absolute atomic E-state index is 0.120. The Kier molecular flexibility index (Phi) is 3.01. The molecule has 3 nitrogen and oxygen atoms in total. The molecule has 1 amide bonds. The minimum Gasteiger partial charge on any atom is -0.368 e. The monoisotopic (exact) mass is 210 g/mol. The Hall–Kier alpha value is -0.570. The van der Waals surface area contributed by atoms with E-state index < -0.39 is 0 Å². The van der Waals surface area contributed by atoms with Crippen molar-refractivity contribution < 1.29 is 4.79 Å². The minimum atomic E-state index is -0.364. The summed E-state index contributed by atoms with van der Waals surface area (Å²) in [7, 11) is 0. The van der Waals surface area contributed by atoms with Gasteiger partial charge < -0.3 is 11.1 Å². The number of carbonyl (C=O) groups excluding carboxylic acids is 1. The molecule has 0 aromatic heterocycles. The first-order valence-electron chi connectivity index (χ1n) is 6.25. The summed E-state index contributed by atoms with van der Waals surface area (Å²) >= 11 is 0. The summed E-state index contributed by atoms with van der Waals surface area (Å²) in [6, 6.07) is 0. The predicted molar refractivity (Wildman–Crippen MR) is 60.3 cm³/mol. The first-order valence-corrected chi connectivity index (χ1v) is 6.25. The number of amides is 1. The Balaban J connectivity index is 2.15. The summed E-state index contributed by atoms with van der Waals surface area (Å²) in [5.74, 6) is 1.10. The number of rotatable bonds is 4. The van der Waals surface area contributed by atoms with E-state index in [1.807, 2.05) is 0 Å². The van der Waals surface area contributed by atoms with Gasteiger partial charge in [-0.05, 0) is 37.6 Å². The molecule has 2 rings (SSSR count). The lowest BCUT2D eigenvalue weighted by Crippen LogP contribution is -2.55. The van der Waals surface area contributed by atoms with Crippen molar-refractivity contribution in [2.45, 2.75) is 51.0 Å². The number of nitrogens with one attached hydrogen (secondary N) is 1. The molecule has 0 aromatic carbocycles. The van der Waals surface area contributed by atoms with Gasteiger partial charge in [-0.2, -0.15) is 0 Å². The van der Waals surface area contributed by atoms with Gasteiger partial charge in [-0.3, -0.25) is 4.79 Å². The molecule has 1 aliphatic heterocycles. The van der Waals surface area contributed by atoms with Crippen LogP contribution in [-0.4, -0.2) is 18.0 Å². The largest absolute Gasteiger partial charge is 0.368 e. The van der Waals surface area contributed by atoms with Gasteiger partial charge >= 0.3 is 0 Å². The number of primary amides is 1. The summed E-state index contributed by atoms with van der Waals surface area (Å²) in [5.41, 5.74) is 5.26. The molecule has 2 aliphatic rings. The third kappa shape index (κ3) is 1.67. The van der Waals surface area contributed by atoms with Crippen LogP contribution in [0.15, 0.2) is 0 Å². The number of hydrogen-bond donors (Lipinski definition) is 2. The van der Waals surface area contributed by atoms with Crippen molar-refractivity contribution in [2.24, 2.45) is 17.6 Å². The summed E-state index contributed by atoms with van der Waals surface area (Å²) in [6.07, 6.45) is 6.90. The second kappa shape index (κ2) is 4.12. The first kappa shape index (κ1) is 10.9. The number of hydrogen-bond acceptors (Lipinski definition) is 2. The lowest BCUT2D eigenvalue weighted by Gasteiger charge is -2.32. The van der Waals surface area contributed by atoms with Gasteiger partial charge in [-0.1, -0.05) is 26.2 Å². The van der Waals surface area contributed by atoms with E-state index in [9.17, 15) is 4.79 Å².